The van der Waals surface area contributed by atoms with Gasteiger partial charge in [-0.25, -0.2) is 9.18 Å². The topological polar surface area (TPSA) is 73.8 Å². The van der Waals surface area contributed by atoms with E-state index in [1.165, 1.54) is 11.0 Å². The van der Waals surface area contributed by atoms with E-state index in [0.29, 0.717) is 30.9 Å². The van der Waals surface area contributed by atoms with Crippen LogP contribution in [0.3, 0.4) is 0 Å². The highest BCUT2D eigenvalue weighted by atomic mass is 35.5. The Hall–Kier alpha value is -2.71. The van der Waals surface area contributed by atoms with Gasteiger partial charge in [0.2, 0.25) is 5.88 Å². The lowest BCUT2D eigenvalue weighted by Gasteiger charge is -2.17. The van der Waals surface area contributed by atoms with Crippen molar-refractivity contribution in [1.82, 2.24) is 10.2 Å². The number of carbonyl (C=O) groups excluding carboxylic acids is 1. The molecule has 0 saturated carbocycles. The van der Waals surface area contributed by atoms with E-state index in [1.54, 1.807) is 24.3 Å². The zero-order valence-corrected chi connectivity index (χ0v) is 15.6. The third-order valence-electron chi connectivity index (χ3n) is 4.47. The maximum Gasteiger partial charge on any atom is 0.414 e. The summed E-state index contributed by atoms with van der Waals surface area (Å²) in [5.41, 5.74) is 1.88. The van der Waals surface area contributed by atoms with E-state index in [-0.39, 0.29) is 30.0 Å². The lowest BCUT2D eigenvalue weighted by atomic mass is 10.0. The van der Waals surface area contributed by atoms with Crippen molar-refractivity contribution in [1.29, 1.82) is 0 Å². The Labute approximate surface area is 165 Å². The first-order chi connectivity index (χ1) is 13.6. The molecule has 1 fully saturated rings. The number of halogens is 2. The number of hydrogen-bond acceptors (Lipinski definition) is 6. The number of cyclic esters (lactones) is 1. The maximum atomic E-state index is 14.6. The van der Waals surface area contributed by atoms with Crippen molar-refractivity contribution in [3.8, 4) is 5.88 Å². The van der Waals surface area contributed by atoms with Gasteiger partial charge in [0.05, 0.1) is 25.4 Å². The van der Waals surface area contributed by atoms with E-state index >= 15 is 0 Å². The highest BCUT2D eigenvalue weighted by Gasteiger charge is 2.33. The summed E-state index contributed by atoms with van der Waals surface area (Å²) in [4.78, 5) is 13.6. The van der Waals surface area contributed by atoms with E-state index in [1.807, 2.05) is 6.08 Å². The largest absolute Gasteiger partial charge is 0.473 e. The molecule has 28 heavy (non-hydrogen) atoms. The lowest BCUT2D eigenvalue weighted by Crippen LogP contribution is -2.26. The van der Waals surface area contributed by atoms with Gasteiger partial charge in [0.1, 0.15) is 12.4 Å². The molecule has 3 heterocycles. The Morgan fingerprint density at radius 3 is 2.89 bits per heavy atom. The van der Waals surface area contributed by atoms with Crippen LogP contribution in [-0.4, -0.2) is 48.8 Å². The predicted octanol–water partition coefficient (Wildman–Crippen LogP) is 3.48. The fourth-order valence-corrected chi connectivity index (χ4v) is 3.18. The van der Waals surface area contributed by atoms with E-state index in [4.69, 9.17) is 25.8 Å². The normalized spacial score (nSPS) is 19.4. The fourth-order valence-electron chi connectivity index (χ4n) is 3.08. The fraction of sp³-hybridized carbons (Fsp3) is 0.316. The summed E-state index contributed by atoms with van der Waals surface area (Å²) in [6.45, 7) is 1.40. The van der Waals surface area contributed by atoms with Gasteiger partial charge in [0, 0.05) is 11.6 Å². The van der Waals surface area contributed by atoms with E-state index in [9.17, 15) is 9.18 Å². The zero-order chi connectivity index (χ0) is 19.5. The summed E-state index contributed by atoms with van der Waals surface area (Å²) in [5, 5.41) is 7.71. The molecule has 0 N–H and O–H groups in total. The Morgan fingerprint density at radius 2 is 2.18 bits per heavy atom. The second-order valence-electron chi connectivity index (χ2n) is 6.34. The number of carbonyl (C=O) groups is 1. The van der Waals surface area contributed by atoms with Crippen molar-refractivity contribution in [2.45, 2.75) is 12.5 Å². The SMILES string of the molecule is O=C1O[C@@H](COc2ccc(Cl)nn2)CN1c1ccc(C2=CCOCC2)c(F)c1. The first-order valence-corrected chi connectivity index (χ1v) is 9.15. The Bertz CT molecular complexity index is 907. The minimum Gasteiger partial charge on any atom is -0.473 e. The van der Waals surface area contributed by atoms with Crippen LogP contribution < -0.4 is 9.64 Å². The van der Waals surface area contributed by atoms with Crippen LogP contribution in [0, 0.1) is 5.82 Å². The first kappa shape index (κ1) is 18.6. The molecule has 1 saturated heterocycles. The Morgan fingerprint density at radius 1 is 1.29 bits per heavy atom. The standard InChI is InChI=1S/C19H17ClFN3O4/c20-17-3-4-18(23-22-17)27-11-14-10-24(19(25)28-14)13-1-2-15(16(21)9-13)12-5-7-26-8-6-12/h1-5,9,14H,6-8,10-11H2/t14-/m1/s1. The molecule has 0 spiro atoms. The average Bonchev–Trinajstić information content (AvgIpc) is 3.09. The van der Waals surface area contributed by atoms with Gasteiger partial charge < -0.3 is 14.2 Å². The average molecular weight is 406 g/mol. The highest BCUT2D eigenvalue weighted by Crippen LogP contribution is 2.29. The van der Waals surface area contributed by atoms with Crippen molar-refractivity contribution in [2.75, 3.05) is 31.3 Å². The van der Waals surface area contributed by atoms with Crippen LogP contribution in [0.1, 0.15) is 12.0 Å². The minimum absolute atomic E-state index is 0.103. The second kappa shape index (κ2) is 8.12. The van der Waals surface area contributed by atoms with Crippen LogP contribution >= 0.6 is 11.6 Å². The van der Waals surface area contributed by atoms with Crippen molar-refractivity contribution >= 4 is 29.0 Å². The van der Waals surface area contributed by atoms with Gasteiger partial charge in [-0.2, -0.15) is 0 Å². The van der Waals surface area contributed by atoms with Gasteiger partial charge in [-0.05, 0) is 36.3 Å². The number of rotatable bonds is 5. The minimum atomic E-state index is -0.548. The van der Waals surface area contributed by atoms with E-state index in [0.717, 1.165) is 5.57 Å². The van der Waals surface area contributed by atoms with E-state index in [2.05, 4.69) is 10.2 Å². The Balaban J connectivity index is 1.41. The van der Waals surface area contributed by atoms with Crippen molar-refractivity contribution in [3.63, 3.8) is 0 Å². The van der Waals surface area contributed by atoms with Crippen molar-refractivity contribution < 1.29 is 23.4 Å². The number of aromatic nitrogens is 2. The Kier molecular flexibility index (Phi) is 5.40. The number of hydrogen-bond donors (Lipinski definition) is 0. The molecule has 0 unspecified atom stereocenters. The van der Waals surface area contributed by atoms with Crippen LogP contribution in [0.5, 0.6) is 5.88 Å². The van der Waals surface area contributed by atoms with Crippen LogP contribution in [0.4, 0.5) is 14.9 Å². The van der Waals surface area contributed by atoms with Gasteiger partial charge in [-0.3, -0.25) is 4.90 Å². The molecule has 1 amide bonds. The summed E-state index contributed by atoms with van der Waals surface area (Å²) < 4.78 is 30.6. The number of anilines is 1. The van der Waals surface area contributed by atoms with Gasteiger partial charge in [0.25, 0.3) is 0 Å². The molecule has 4 rings (SSSR count). The highest BCUT2D eigenvalue weighted by molar-refractivity contribution is 6.29. The summed E-state index contributed by atoms with van der Waals surface area (Å²) in [6, 6.07) is 7.87. The summed E-state index contributed by atoms with van der Waals surface area (Å²) in [5.74, 6) is -0.103. The molecule has 1 atom stereocenters. The monoisotopic (exact) mass is 405 g/mol. The number of ether oxygens (including phenoxy) is 3. The first-order valence-electron chi connectivity index (χ1n) is 8.77. The molecule has 146 valence electrons. The van der Waals surface area contributed by atoms with Crippen molar-refractivity contribution in [3.05, 3.63) is 52.9 Å². The zero-order valence-electron chi connectivity index (χ0n) is 14.8. The summed E-state index contributed by atoms with van der Waals surface area (Å²) >= 11 is 5.67. The van der Waals surface area contributed by atoms with Gasteiger partial charge in [-0.1, -0.05) is 17.7 Å². The second-order valence-corrected chi connectivity index (χ2v) is 6.73. The molecule has 2 aliphatic heterocycles. The number of benzene rings is 1. The number of amides is 1. The maximum absolute atomic E-state index is 14.6. The van der Waals surface area contributed by atoms with Crippen LogP contribution in [0.15, 0.2) is 36.4 Å². The molecule has 7 nitrogen and oxygen atoms in total. The molecule has 0 radical (unpaired) electrons. The molecule has 0 aliphatic carbocycles. The third-order valence-corrected chi connectivity index (χ3v) is 4.67. The molecule has 1 aromatic heterocycles. The summed E-state index contributed by atoms with van der Waals surface area (Å²) in [6.07, 6.45) is 1.48. The number of nitrogens with zero attached hydrogens (tertiary/aromatic N) is 3. The molecule has 0 bridgehead atoms. The van der Waals surface area contributed by atoms with Crippen LogP contribution in [0.2, 0.25) is 5.15 Å². The predicted molar refractivity (Wildman–Crippen MR) is 100.0 cm³/mol. The van der Waals surface area contributed by atoms with Crippen LogP contribution in [-0.2, 0) is 9.47 Å². The van der Waals surface area contributed by atoms with E-state index < -0.39 is 12.2 Å². The molecule has 2 aliphatic rings. The van der Waals surface area contributed by atoms with Gasteiger partial charge in [0.15, 0.2) is 11.3 Å². The third kappa shape index (κ3) is 4.07. The van der Waals surface area contributed by atoms with Crippen molar-refractivity contribution in [2.24, 2.45) is 0 Å². The quantitative estimate of drug-likeness (QED) is 0.758. The smallest absolute Gasteiger partial charge is 0.414 e. The lowest BCUT2D eigenvalue weighted by molar-refractivity contribution is 0.103. The van der Waals surface area contributed by atoms with Gasteiger partial charge >= 0.3 is 6.09 Å². The molecule has 2 aromatic rings. The molecular weight excluding hydrogens is 389 g/mol. The summed E-state index contributed by atoms with van der Waals surface area (Å²) in [7, 11) is 0. The van der Waals surface area contributed by atoms with Crippen LogP contribution in [0.25, 0.3) is 5.57 Å². The molecule has 1 aromatic carbocycles. The van der Waals surface area contributed by atoms with Gasteiger partial charge in [-0.15, -0.1) is 10.2 Å². The molecule has 9 heteroatoms. The molecular formula is C19H17ClFN3O4.